The van der Waals surface area contributed by atoms with Gasteiger partial charge in [-0.3, -0.25) is 9.59 Å². The van der Waals surface area contributed by atoms with Gasteiger partial charge in [0.05, 0.1) is 0 Å². The minimum atomic E-state index is -0.726. The molecule has 1 heterocycles. The topological polar surface area (TPSA) is 49.4 Å². The fourth-order valence-electron chi connectivity index (χ4n) is 4.16. The van der Waals surface area contributed by atoms with Crippen LogP contribution in [0.5, 0.6) is 0 Å². The summed E-state index contributed by atoms with van der Waals surface area (Å²) >= 11 is 5.94. The van der Waals surface area contributed by atoms with E-state index in [1.807, 2.05) is 31.2 Å². The molecular formula is C21H29ClN2O2. The van der Waals surface area contributed by atoms with Crippen LogP contribution in [0, 0.1) is 0 Å². The van der Waals surface area contributed by atoms with E-state index in [1.165, 1.54) is 25.7 Å². The minimum absolute atomic E-state index is 0.0198. The highest BCUT2D eigenvalue weighted by molar-refractivity contribution is 6.30. The summed E-state index contributed by atoms with van der Waals surface area (Å²) in [6.07, 6.45) is 8.78. The number of hydrogen-bond acceptors (Lipinski definition) is 2. The van der Waals surface area contributed by atoms with E-state index in [0.717, 1.165) is 24.8 Å². The molecule has 0 bridgehead atoms. The van der Waals surface area contributed by atoms with Gasteiger partial charge in [-0.05, 0) is 50.3 Å². The molecule has 4 nitrogen and oxygen atoms in total. The number of amides is 2. The van der Waals surface area contributed by atoms with Crippen LogP contribution in [0.2, 0.25) is 5.02 Å². The zero-order valence-electron chi connectivity index (χ0n) is 15.6. The summed E-state index contributed by atoms with van der Waals surface area (Å²) in [6.45, 7) is 2.49. The van der Waals surface area contributed by atoms with Crippen LogP contribution in [0.1, 0.15) is 63.9 Å². The Morgan fingerprint density at radius 2 is 1.85 bits per heavy atom. The Kier molecular flexibility index (Phi) is 6.23. The lowest BCUT2D eigenvalue weighted by Gasteiger charge is -2.35. The second kappa shape index (κ2) is 8.43. The van der Waals surface area contributed by atoms with Crippen molar-refractivity contribution in [2.75, 3.05) is 6.54 Å². The van der Waals surface area contributed by atoms with Gasteiger partial charge in [-0.15, -0.1) is 0 Å². The second-order valence-corrected chi connectivity index (χ2v) is 8.29. The molecule has 0 aromatic heterocycles. The molecule has 0 spiro atoms. The number of nitrogens with one attached hydrogen (secondary N) is 1. The van der Waals surface area contributed by atoms with Crippen molar-refractivity contribution in [2.24, 2.45) is 0 Å². The van der Waals surface area contributed by atoms with E-state index >= 15 is 0 Å². The lowest BCUT2D eigenvalue weighted by Crippen LogP contribution is -2.56. The Morgan fingerprint density at radius 1 is 1.19 bits per heavy atom. The number of benzene rings is 1. The van der Waals surface area contributed by atoms with E-state index < -0.39 is 5.54 Å². The SMILES string of the molecule is C[C@@]1(C(=O)NC2CCCCCC2)CCC(=O)N1CCc1ccc(Cl)cc1. The highest BCUT2D eigenvalue weighted by Crippen LogP contribution is 2.31. The molecule has 3 rings (SSSR count). The van der Waals surface area contributed by atoms with E-state index in [1.54, 1.807) is 4.90 Å². The maximum Gasteiger partial charge on any atom is 0.245 e. The smallest absolute Gasteiger partial charge is 0.245 e. The van der Waals surface area contributed by atoms with Crippen molar-refractivity contribution in [3.05, 3.63) is 34.9 Å². The summed E-state index contributed by atoms with van der Waals surface area (Å²) in [5, 5.41) is 3.95. The fraction of sp³-hybridized carbons (Fsp3) is 0.619. The molecule has 0 radical (unpaired) electrons. The summed E-state index contributed by atoms with van der Waals surface area (Å²) in [6, 6.07) is 7.94. The standard InChI is InChI=1S/C21H29ClN2O2/c1-21(20(26)23-18-6-4-2-3-5-7-18)14-12-19(25)24(21)15-13-16-8-10-17(22)11-9-16/h8-11,18H,2-7,12-15H2,1H3,(H,23,26)/t21-/m0/s1. The van der Waals surface area contributed by atoms with E-state index in [9.17, 15) is 9.59 Å². The van der Waals surface area contributed by atoms with Gasteiger partial charge >= 0.3 is 0 Å². The van der Waals surface area contributed by atoms with Crippen molar-refractivity contribution in [1.82, 2.24) is 10.2 Å². The van der Waals surface area contributed by atoms with Crippen LogP contribution in [-0.4, -0.2) is 34.8 Å². The third-order valence-electron chi connectivity index (χ3n) is 5.94. The molecular weight excluding hydrogens is 348 g/mol. The highest BCUT2D eigenvalue weighted by Gasteiger charge is 2.47. The van der Waals surface area contributed by atoms with Crippen LogP contribution in [0.15, 0.2) is 24.3 Å². The van der Waals surface area contributed by atoms with Crippen LogP contribution < -0.4 is 5.32 Å². The first-order chi connectivity index (χ1) is 12.5. The first-order valence-electron chi connectivity index (χ1n) is 9.85. The molecule has 2 amide bonds. The number of carbonyl (C=O) groups is 2. The van der Waals surface area contributed by atoms with Gasteiger partial charge in [-0.1, -0.05) is 49.4 Å². The summed E-state index contributed by atoms with van der Waals surface area (Å²) in [7, 11) is 0. The van der Waals surface area contributed by atoms with Gasteiger partial charge in [0.25, 0.3) is 0 Å². The van der Waals surface area contributed by atoms with Crippen molar-refractivity contribution in [1.29, 1.82) is 0 Å². The number of halogens is 1. The molecule has 1 N–H and O–H groups in total. The third-order valence-corrected chi connectivity index (χ3v) is 6.19. The van der Waals surface area contributed by atoms with Crippen LogP contribution in [0.25, 0.3) is 0 Å². The zero-order chi connectivity index (χ0) is 18.6. The first-order valence-corrected chi connectivity index (χ1v) is 10.2. The lowest BCUT2D eigenvalue weighted by molar-refractivity contribution is -0.141. The monoisotopic (exact) mass is 376 g/mol. The van der Waals surface area contributed by atoms with Crippen LogP contribution >= 0.6 is 11.6 Å². The van der Waals surface area contributed by atoms with Crippen molar-refractivity contribution in [3.8, 4) is 0 Å². The van der Waals surface area contributed by atoms with Gasteiger partial charge in [0.2, 0.25) is 11.8 Å². The average molecular weight is 377 g/mol. The predicted octanol–water partition coefficient (Wildman–Crippen LogP) is 4.10. The van der Waals surface area contributed by atoms with Gasteiger partial charge < -0.3 is 10.2 Å². The Bertz CT molecular complexity index is 638. The Hall–Kier alpha value is -1.55. The van der Waals surface area contributed by atoms with Crippen LogP contribution in [0.3, 0.4) is 0 Å². The lowest BCUT2D eigenvalue weighted by atomic mass is 9.96. The van der Waals surface area contributed by atoms with Gasteiger partial charge in [0, 0.05) is 24.0 Å². The van der Waals surface area contributed by atoms with Crippen molar-refractivity contribution in [2.45, 2.75) is 76.3 Å². The van der Waals surface area contributed by atoms with Crippen molar-refractivity contribution < 1.29 is 9.59 Å². The number of carbonyl (C=O) groups excluding carboxylic acids is 2. The molecule has 1 aliphatic carbocycles. The second-order valence-electron chi connectivity index (χ2n) is 7.86. The van der Waals surface area contributed by atoms with E-state index in [4.69, 9.17) is 11.6 Å². The summed E-state index contributed by atoms with van der Waals surface area (Å²) in [4.78, 5) is 27.3. The Morgan fingerprint density at radius 3 is 2.50 bits per heavy atom. The first kappa shape index (κ1) is 19.2. The zero-order valence-corrected chi connectivity index (χ0v) is 16.4. The third kappa shape index (κ3) is 4.40. The Balaban J connectivity index is 1.64. The maximum atomic E-state index is 13.0. The summed E-state index contributed by atoms with van der Waals surface area (Å²) in [5.41, 5.74) is 0.399. The molecule has 0 unspecified atom stereocenters. The number of likely N-dealkylation sites (tertiary alicyclic amines) is 1. The van der Waals surface area contributed by atoms with E-state index in [-0.39, 0.29) is 17.9 Å². The van der Waals surface area contributed by atoms with Gasteiger partial charge in [-0.2, -0.15) is 0 Å². The molecule has 1 aliphatic heterocycles. The molecule has 1 saturated heterocycles. The molecule has 1 aromatic carbocycles. The maximum absolute atomic E-state index is 13.0. The molecule has 1 aromatic rings. The highest BCUT2D eigenvalue weighted by atomic mass is 35.5. The Labute approximate surface area is 161 Å². The van der Waals surface area contributed by atoms with Crippen LogP contribution in [-0.2, 0) is 16.0 Å². The number of hydrogen-bond donors (Lipinski definition) is 1. The molecule has 2 fully saturated rings. The average Bonchev–Trinajstić information content (AvgIpc) is 2.80. The fourth-order valence-corrected chi connectivity index (χ4v) is 4.29. The minimum Gasteiger partial charge on any atom is -0.351 e. The molecule has 1 saturated carbocycles. The quantitative estimate of drug-likeness (QED) is 0.786. The van der Waals surface area contributed by atoms with Crippen molar-refractivity contribution in [3.63, 3.8) is 0 Å². The largest absolute Gasteiger partial charge is 0.351 e. The molecule has 2 aliphatic rings. The van der Waals surface area contributed by atoms with Crippen LogP contribution in [0.4, 0.5) is 0 Å². The van der Waals surface area contributed by atoms with E-state index in [0.29, 0.717) is 24.4 Å². The van der Waals surface area contributed by atoms with Crippen molar-refractivity contribution >= 4 is 23.4 Å². The molecule has 5 heteroatoms. The number of nitrogens with zero attached hydrogens (tertiary/aromatic N) is 1. The molecule has 142 valence electrons. The molecule has 26 heavy (non-hydrogen) atoms. The normalized spacial score (nSPS) is 24.5. The summed E-state index contributed by atoms with van der Waals surface area (Å²) in [5.74, 6) is 0.101. The van der Waals surface area contributed by atoms with E-state index in [2.05, 4.69) is 5.32 Å². The number of rotatable bonds is 5. The van der Waals surface area contributed by atoms with Gasteiger partial charge in [-0.25, -0.2) is 0 Å². The predicted molar refractivity (Wildman–Crippen MR) is 104 cm³/mol. The molecule has 1 atom stereocenters. The van der Waals surface area contributed by atoms with Gasteiger partial charge in [0.15, 0.2) is 0 Å². The summed E-state index contributed by atoms with van der Waals surface area (Å²) < 4.78 is 0. The van der Waals surface area contributed by atoms with Gasteiger partial charge in [0.1, 0.15) is 5.54 Å².